The number of aromatic nitrogens is 2. The molecule has 110 valence electrons. The highest BCUT2D eigenvalue weighted by atomic mass is 16.5. The molecule has 2 atom stereocenters. The van der Waals surface area contributed by atoms with Gasteiger partial charge in [-0.1, -0.05) is 19.0 Å². The first-order valence-electron chi connectivity index (χ1n) is 6.85. The van der Waals surface area contributed by atoms with E-state index in [9.17, 15) is 9.59 Å². The van der Waals surface area contributed by atoms with Crippen LogP contribution in [0.4, 0.5) is 0 Å². The molecule has 7 heteroatoms. The summed E-state index contributed by atoms with van der Waals surface area (Å²) in [7, 11) is 0. The van der Waals surface area contributed by atoms with Gasteiger partial charge in [0.25, 0.3) is 0 Å². The Morgan fingerprint density at radius 1 is 1.45 bits per heavy atom. The molecule has 2 heterocycles. The Balaban J connectivity index is 2.03. The Morgan fingerprint density at radius 2 is 2.20 bits per heavy atom. The molecule has 2 unspecified atom stereocenters. The van der Waals surface area contributed by atoms with Crippen LogP contribution in [0.5, 0.6) is 0 Å². The molecular weight excluding hydrogens is 260 g/mol. The van der Waals surface area contributed by atoms with Gasteiger partial charge in [0.05, 0.1) is 0 Å². The maximum atomic E-state index is 12.4. The van der Waals surface area contributed by atoms with Gasteiger partial charge in [-0.25, -0.2) is 0 Å². The van der Waals surface area contributed by atoms with Crippen molar-refractivity contribution in [3.63, 3.8) is 0 Å². The summed E-state index contributed by atoms with van der Waals surface area (Å²) in [4.78, 5) is 29.9. The van der Waals surface area contributed by atoms with E-state index in [1.807, 2.05) is 13.8 Å². The molecule has 0 aliphatic carbocycles. The average Bonchev–Trinajstić information content (AvgIpc) is 2.88. The van der Waals surface area contributed by atoms with Gasteiger partial charge in [-0.2, -0.15) is 4.98 Å². The zero-order valence-electron chi connectivity index (χ0n) is 12.0. The SMILES string of the molecule is CC(C)CC1NC(=O)C(C)N(CCc2ncon2)C1=O. The number of hydrogen-bond donors (Lipinski definition) is 1. The van der Waals surface area contributed by atoms with Crippen LogP contribution in [-0.4, -0.2) is 45.5 Å². The summed E-state index contributed by atoms with van der Waals surface area (Å²) in [6.07, 6.45) is 2.38. The van der Waals surface area contributed by atoms with Gasteiger partial charge in [-0.15, -0.1) is 0 Å². The Bertz CT molecular complexity index is 472. The average molecular weight is 280 g/mol. The molecule has 0 bridgehead atoms. The highest BCUT2D eigenvalue weighted by molar-refractivity contribution is 5.96. The number of hydrogen-bond acceptors (Lipinski definition) is 5. The van der Waals surface area contributed by atoms with Crippen molar-refractivity contribution in [1.82, 2.24) is 20.4 Å². The van der Waals surface area contributed by atoms with Crippen molar-refractivity contribution >= 4 is 11.8 Å². The van der Waals surface area contributed by atoms with E-state index in [-0.39, 0.29) is 11.8 Å². The standard InChI is InChI=1S/C13H20N4O3/c1-8(2)6-10-13(19)17(9(3)12(18)15-10)5-4-11-14-7-20-16-11/h7-10H,4-6H2,1-3H3,(H,15,18). The van der Waals surface area contributed by atoms with E-state index in [0.29, 0.717) is 31.1 Å². The lowest BCUT2D eigenvalue weighted by molar-refractivity contribution is -0.149. The molecule has 20 heavy (non-hydrogen) atoms. The van der Waals surface area contributed by atoms with Gasteiger partial charge in [-0.3, -0.25) is 9.59 Å². The van der Waals surface area contributed by atoms with Crippen molar-refractivity contribution in [3.05, 3.63) is 12.2 Å². The first-order chi connectivity index (χ1) is 9.49. The van der Waals surface area contributed by atoms with E-state index in [1.54, 1.807) is 11.8 Å². The molecule has 2 rings (SSSR count). The minimum Gasteiger partial charge on any atom is -0.343 e. The Morgan fingerprint density at radius 3 is 2.80 bits per heavy atom. The number of carbonyl (C=O) groups is 2. The molecule has 1 aliphatic heterocycles. The summed E-state index contributed by atoms with van der Waals surface area (Å²) < 4.78 is 4.66. The van der Waals surface area contributed by atoms with Crippen LogP contribution in [0, 0.1) is 5.92 Å². The molecule has 0 spiro atoms. The van der Waals surface area contributed by atoms with Crippen molar-refractivity contribution in [3.8, 4) is 0 Å². The first kappa shape index (κ1) is 14.5. The maximum Gasteiger partial charge on any atom is 0.245 e. The van der Waals surface area contributed by atoms with Crippen molar-refractivity contribution in [1.29, 1.82) is 0 Å². The molecule has 0 radical (unpaired) electrons. The predicted molar refractivity (Wildman–Crippen MR) is 70.6 cm³/mol. The number of rotatable bonds is 5. The summed E-state index contributed by atoms with van der Waals surface area (Å²) in [6.45, 7) is 6.21. The number of nitrogens with zero attached hydrogens (tertiary/aromatic N) is 3. The predicted octanol–water partition coefficient (Wildman–Crippen LogP) is 0.374. The van der Waals surface area contributed by atoms with Crippen LogP contribution >= 0.6 is 0 Å². The second-order valence-electron chi connectivity index (χ2n) is 5.50. The quantitative estimate of drug-likeness (QED) is 0.842. The van der Waals surface area contributed by atoms with Gasteiger partial charge in [0.15, 0.2) is 5.82 Å². The van der Waals surface area contributed by atoms with Crippen molar-refractivity contribution in [2.75, 3.05) is 6.54 Å². The van der Waals surface area contributed by atoms with E-state index in [2.05, 4.69) is 20.0 Å². The maximum absolute atomic E-state index is 12.4. The van der Waals surface area contributed by atoms with Crippen molar-refractivity contribution in [2.24, 2.45) is 5.92 Å². The zero-order chi connectivity index (χ0) is 14.7. The van der Waals surface area contributed by atoms with Crippen LogP contribution in [0.15, 0.2) is 10.9 Å². The summed E-state index contributed by atoms with van der Waals surface area (Å²) in [5.41, 5.74) is 0. The van der Waals surface area contributed by atoms with Crippen LogP contribution in [-0.2, 0) is 16.0 Å². The Kier molecular flexibility index (Phi) is 4.36. The monoisotopic (exact) mass is 280 g/mol. The normalized spacial score (nSPS) is 23.3. The van der Waals surface area contributed by atoms with E-state index in [4.69, 9.17) is 0 Å². The van der Waals surface area contributed by atoms with E-state index in [0.717, 1.165) is 0 Å². The van der Waals surface area contributed by atoms with Gasteiger partial charge >= 0.3 is 0 Å². The highest BCUT2D eigenvalue weighted by Crippen LogP contribution is 2.15. The number of carbonyl (C=O) groups excluding carboxylic acids is 2. The second-order valence-corrected chi connectivity index (χ2v) is 5.50. The Labute approximate surface area is 117 Å². The second kappa shape index (κ2) is 6.02. The molecule has 1 aromatic rings. The van der Waals surface area contributed by atoms with Crippen molar-refractivity contribution < 1.29 is 14.1 Å². The van der Waals surface area contributed by atoms with Gasteiger partial charge in [-0.05, 0) is 19.3 Å². The minimum atomic E-state index is -0.460. The van der Waals surface area contributed by atoms with Crippen LogP contribution < -0.4 is 5.32 Å². The van der Waals surface area contributed by atoms with Crippen LogP contribution in [0.1, 0.15) is 33.0 Å². The smallest absolute Gasteiger partial charge is 0.245 e. The molecule has 0 aromatic carbocycles. The van der Waals surface area contributed by atoms with Gasteiger partial charge in [0, 0.05) is 13.0 Å². The lowest BCUT2D eigenvalue weighted by Gasteiger charge is -2.37. The molecule has 0 saturated carbocycles. The molecule has 1 saturated heterocycles. The highest BCUT2D eigenvalue weighted by Gasteiger charge is 2.37. The summed E-state index contributed by atoms with van der Waals surface area (Å²) in [6, 6.07) is -0.887. The molecular formula is C13H20N4O3. The van der Waals surface area contributed by atoms with Gasteiger partial charge in [0.2, 0.25) is 18.2 Å². The Hall–Kier alpha value is -1.92. The van der Waals surface area contributed by atoms with E-state index in [1.165, 1.54) is 6.39 Å². The minimum absolute atomic E-state index is 0.0331. The molecule has 1 aliphatic rings. The summed E-state index contributed by atoms with van der Waals surface area (Å²) in [5, 5.41) is 6.50. The first-order valence-corrected chi connectivity index (χ1v) is 6.85. The number of nitrogens with one attached hydrogen (secondary N) is 1. The van der Waals surface area contributed by atoms with Crippen molar-refractivity contribution in [2.45, 2.75) is 45.7 Å². The third-order valence-corrected chi connectivity index (χ3v) is 3.43. The van der Waals surface area contributed by atoms with E-state index >= 15 is 0 Å². The van der Waals surface area contributed by atoms with E-state index < -0.39 is 12.1 Å². The third kappa shape index (κ3) is 3.15. The molecule has 1 fully saturated rings. The van der Waals surface area contributed by atoms with Crippen LogP contribution in [0.2, 0.25) is 0 Å². The largest absolute Gasteiger partial charge is 0.343 e. The third-order valence-electron chi connectivity index (χ3n) is 3.43. The summed E-state index contributed by atoms with van der Waals surface area (Å²) >= 11 is 0. The topological polar surface area (TPSA) is 88.3 Å². The fraction of sp³-hybridized carbons (Fsp3) is 0.692. The fourth-order valence-corrected chi connectivity index (χ4v) is 2.34. The molecule has 7 nitrogen and oxygen atoms in total. The fourth-order valence-electron chi connectivity index (χ4n) is 2.34. The molecule has 2 amide bonds. The molecule has 1 aromatic heterocycles. The molecule has 1 N–H and O–H groups in total. The lowest BCUT2D eigenvalue weighted by Crippen LogP contribution is -2.62. The number of amides is 2. The zero-order valence-corrected chi connectivity index (χ0v) is 12.0. The summed E-state index contributed by atoms with van der Waals surface area (Å²) in [5.74, 6) is 0.741. The number of piperazine rings is 1. The van der Waals surface area contributed by atoms with Crippen LogP contribution in [0.3, 0.4) is 0 Å². The van der Waals surface area contributed by atoms with Crippen LogP contribution in [0.25, 0.3) is 0 Å². The van der Waals surface area contributed by atoms with Gasteiger partial charge in [0.1, 0.15) is 12.1 Å². The van der Waals surface area contributed by atoms with Gasteiger partial charge < -0.3 is 14.7 Å². The lowest BCUT2D eigenvalue weighted by atomic mass is 9.99.